The fourth-order valence-corrected chi connectivity index (χ4v) is 3.04. The van der Waals surface area contributed by atoms with Gasteiger partial charge in [-0.2, -0.15) is 0 Å². The van der Waals surface area contributed by atoms with E-state index >= 15 is 0 Å². The predicted octanol–water partition coefficient (Wildman–Crippen LogP) is 3.06. The van der Waals surface area contributed by atoms with E-state index in [1.807, 2.05) is 19.9 Å². The van der Waals surface area contributed by atoms with Gasteiger partial charge >= 0.3 is 0 Å². The molecule has 0 radical (unpaired) electrons. The normalized spacial score (nSPS) is 22.2. The molecular formula is C17H28N2O2. The standard InChI is InChI=1S/C17H28N2O2/c1-5-20-16-8-7-15(12-17(16)21-6-2)19-10-9-14(18-4)11-13(19)3/h7-8,12-14,18H,5-6,9-11H2,1-4H3. The minimum atomic E-state index is 0.531. The van der Waals surface area contributed by atoms with Crippen LogP contribution in [0.15, 0.2) is 18.2 Å². The lowest BCUT2D eigenvalue weighted by Crippen LogP contribution is -2.46. The zero-order chi connectivity index (χ0) is 15.2. The predicted molar refractivity (Wildman–Crippen MR) is 87.7 cm³/mol. The van der Waals surface area contributed by atoms with Crippen LogP contribution < -0.4 is 19.7 Å². The minimum Gasteiger partial charge on any atom is -0.490 e. The minimum absolute atomic E-state index is 0.531. The number of rotatable bonds is 6. The number of ether oxygens (including phenoxy) is 2. The molecule has 21 heavy (non-hydrogen) atoms. The van der Waals surface area contributed by atoms with Gasteiger partial charge in [-0.3, -0.25) is 0 Å². The number of nitrogens with one attached hydrogen (secondary N) is 1. The van der Waals surface area contributed by atoms with Gasteiger partial charge in [-0.05, 0) is 52.8 Å². The lowest BCUT2D eigenvalue weighted by Gasteiger charge is -2.39. The maximum absolute atomic E-state index is 5.73. The summed E-state index contributed by atoms with van der Waals surface area (Å²) >= 11 is 0. The van der Waals surface area contributed by atoms with Gasteiger partial charge in [-0.15, -0.1) is 0 Å². The van der Waals surface area contributed by atoms with Crippen molar-refractivity contribution >= 4 is 5.69 Å². The van der Waals surface area contributed by atoms with Gasteiger partial charge in [0.2, 0.25) is 0 Å². The third-order valence-electron chi connectivity index (χ3n) is 4.14. The van der Waals surface area contributed by atoms with Crippen LogP contribution in [0.25, 0.3) is 0 Å². The van der Waals surface area contributed by atoms with Gasteiger partial charge in [-0.25, -0.2) is 0 Å². The van der Waals surface area contributed by atoms with Gasteiger partial charge in [0.25, 0.3) is 0 Å². The molecule has 1 aliphatic heterocycles. The lowest BCUT2D eigenvalue weighted by molar-refractivity contribution is 0.287. The van der Waals surface area contributed by atoms with Crippen molar-refractivity contribution < 1.29 is 9.47 Å². The first-order valence-electron chi connectivity index (χ1n) is 8.03. The molecule has 2 atom stereocenters. The van der Waals surface area contributed by atoms with E-state index in [2.05, 4.69) is 36.3 Å². The van der Waals surface area contributed by atoms with Crippen LogP contribution in [-0.4, -0.2) is 38.9 Å². The van der Waals surface area contributed by atoms with Gasteiger partial charge in [0.15, 0.2) is 11.5 Å². The van der Waals surface area contributed by atoms with E-state index in [-0.39, 0.29) is 0 Å². The zero-order valence-electron chi connectivity index (χ0n) is 13.7. The highest BCUT2D eigenvalue weighted by molar-refractivity contribution is 5.57. The van der Waals surface area contributed by atoms with Gasteiger partial charge in [0, 0.05) is 30.4 Å². The van der Waals surface area contributed by atoms with Crippen molar-refractivity contribution in [2.75, 3.05) is 31.7 Å². The first-order chi connectivity index (χ1) is 10.2. The quantitative estimate of drug-likeness (QED) is 0.874. The highest BCUT2D eigenvalue weighted by Gasteiger charge is 2.25. The van der Waals surface area contributed by atoms with Crippen molar-refractivity contribution in [3.05, 3.63) is 18.2 Å². The van der Waals surface area contributed by atoms with Gasteiger partial charge in [0.05, 0.1) is 13.2 Å². The number of benzene rings is 1. The largest absolute Gasteiger partial charge is 0.490 e. The molecule has 1 saturated heterocycles. The second-order valence-electron chi connectivity index (χ2n) is 5.55. The molecule has 1 N–H and O–H groups in total. The summed E-state index contributed by atoms with van der Waals surface area (Å²) in [6, 6.07) is 7.45. The Morgan fingerprint density at radius 2 is 1.90 bits per heavy atom. The van der Waals surface area contributed by atoms with Crippen molar-refractivity contribution in [2.24, 2.45) is 0 Å². The molecule has 0 saturated carbocycles. The molecular weight excluding hydrogens is 264 g/mol. The zero-order valence-corrected chi connectivity index (χ0v) is 13.7. The molecule has 118 valence electrons. The van der Waals surface area contributed by atoms with E-state index in [4.69, 9.17) is 9.47 Å². The van der Waals surface area contributed by atoms with Crippen LogP contribution in [-0.2, 0) is 0 Å². The number of anilines is 1. The molecule has 1 aliphatic rings. The maximum atomic E-state index is 5.73. The Morgan fingerprint density at radius 3 is 2.52 bits per heavy atom. The first-order valence-corrected chi connectivity index (χ1v) is 8.03. The summed E-state index contributed by atoms with van der Waals surface area (Å²) in [4.78, 5) is 2.46. The molecule has 1 aromatic carbocycles. The van der Waals surface area contributed by atoms with E-state index in [1.165, 1.54) is 18.5 Å². The molecule has 0 spiro atoms. The molecule has 0 aliphatic carbocycles. The SMILES string of the molecule is CCOc1ccc(N2CCC(NC)CC2C)cc1OCC. The van der Waals surface area contributed by atoms with Crippen molar-refractivity contribution in [1.29, 1.82) is 0 Å². The topological polar surface area (TPSA) is 33.7 Å². The van der Waals surface area contributed by atoms with Crippen LogP contribution >= 0.6 is 0 Å². The molecule has 1 aromatic rings. The molecule has 4 heteroatoms. The highest BCUT2D eigenvalue weighted by Crippen LogP contribution is 2.34. The second kappa shape index (κ2) is 7.55. The van der Waals surface area contributed by atoms with E-state index < -0.39 is 0 Å². The van der Waals surface area contributed by atoms with Crippen molar-refractivity contribution in [2.45, 2.75) is 45.7 Å². The summed E-state index contributed by atoms with van der Waals surface area (Å²) < 4.78 is 11.4. The summed E-state index contributed by atoms with van der Waals surface area (Å²) in [5, 5.41) is 3.39. The number of piperidine rings is 1. The average molecular weight is 292 g/mol. The summed E-state index contributed by atoms with van der Waals surface area (Å²) in [6.45, 7) is 8.68. The lowest BCUT2D eigenvalue weighted by atomic mass is 9.97. The van der Waals surface area contributed by atoms with Crippen LogP contribution in [0.3, 0.4) is 0 Å². The van der Waals surface area contributed by atoms with E-state index in [1.54, 1.807) is 0 Å². The Hall–Kier alpha value is -1.42. The van der Waals surface area contributed by atoms with Crippen molar-refractivity contribution in [3.63, 3.8) is 0 Å². The molecule has 0 amide bonds. The van der Waals surface area contributed by atoms with Crippen LogP contribution in [0.2, 0.25) is 0 Å². The van der Waals surface area contributed by atoms with Gasteiger partial charge < -0.3 is 19.7 Å². The van der Waals surface area contributed by atoms with E-state index in [0.29, 0.717) is 25.3 Å². The van der Waals surface area contributed by atoms with Crippen LogP contribution in [0.1, 0.15) is 33.6 Å². The van der Waals surface area contributed by atoms with Crippen LogP contribution in [0, 0.1) is 0 Å². The smallest absolute Gasteiger partial charge is 0.163 e. The third kappa shape index (κ3) is 3.82. The van der Waals surface area contributed by atoms with Crippen LogP contribution in [0.4, 0.5) is 5.69 Å². The Morgan fingerprint density at radius 1 is 1.19 bits per heavy atom. The summed E-state index contributed by atoms with van der Waals surface area (Å²) in [7, 11) is 2.05. The summed E-state index contributed by atoms with van der Waals surface area (Å²) in [6.07, 6.45) is 2.35. The fourth-order valence-electron chi connectivity index (χ4n) is 3.04. The number of hydrogen-bond donors (Lipinski definition) is 1. The first kappa shape index (κ1) is 16.0. The Labute approximate surface area is 128 Å². The highest BCUT2D eigenvalue weighted by atomic mass is 16.5. The molecule has 4 nitrogen and oxygen atoms in total. The molecule has 1 fully saturated rings. The Balaban J connectivity index is 2.17. The molecule has 0 bridgehead atoms. The van der Waals surface area contributed by atoms with Gasteiger partial charge in [-0.1, -0.05) is 0 Å². The Bertz CT molecular complexity index is 450. The maximum Gasteiger partial charge on any atom is 0.163 e. The summed E-state index contributed by atoms with van der Waals surface area (Å²) in [5.74, 6) is 1.68. The molecule has 0 aromatic heterocycles. The third-order valence-corrected chi connectivity index (χ3v) is 4.14. The number of hydrogen-bond acceptors (Lipinski definition) is 4. The fraction of sp³-hybridized carbons (Fsp3) is 0.647. The monoisotopic (exact) mass is 292 g/mol. The second-order valence-corrected chi connectivity index (χ2v) is 5.55. The average Bonchev–Trinajstić information content (AvgIpc) is 2.49. The number of nitrogens with zero attached hydrogens (tertiary/aromatic N) is 1. The molecule has 2 unspecified atom stereocenters. The van der Waals surface area contributed by atoms with Gasteiger partial charge in [0.1, 0.15) is 0 Å². The molecule has 1 heterocycles. The Kier molecular flexibility index (Phi) is 5.74. The molecule has 2 rings (SSSR count). The van der Waals surface area contributed by atoms with Crippen molar-refractivity contribution in [1.82, 2.24) is 5.32 Å². The summed E-state index contributed by atoms with van der Waals surface area (Å²) in [5.41, 5.74) is 1.23. The van der Waals surface area contributed by atoms with Crippen LogP contribution in [0.5, 0.6) is 11.5 Å². The van der Waals surface area contributed by atoms with E-state index in [0.717, 1.165) is 18.0 Å². The van der Waals surface area contributed by atoms with E-state index in [9.17, 15) is 0 Å². The van der Waals surface area contributed by atoms with Crippen molar-refractivity contribution in [3.8, 4) is 11.5 Å².